The molecule has 0 bridgehead atoms. The molecule has 0 radical (unpaired) electrons. The number of likely N-dealkylation sites (tertiary alicyclic amines) is 1. The Bertz CT molecular complexity index is 141. The van der Waals surface area contributed by atoms with Crippen LogP contribution in [-0.4, -0.2) is 44.0 Å². The summed E-state index contributed by atoms with van der Waals surface area (Å²) in [5, 5.41) is 3.08. The topological polar surface area (TPSA) is 15.3 Å². The lowest BCUT2D eigenvalue weighted by Crippen LogP contribution is -2.38. The van der Waals surface area contributed by atoms with Gasteiger partial charge < -0.3 is 10.2 Å². The maximum atomic E-state index is 12.4. The van der Waals surface area contributed by atoms with Gasteiger partial charge >= 0.3 is 0 Å². The molecule has 12 heavy (non-hydrogen) atoms. The Morgan fingerprint density at radius 3 is 2.67 bits per heavy atom. The Morgan fingerprint density at radius 2 is 2.17 bits per heavy atom. The molecule has 0 spiro atoms. The van der Waals surface area contributed by atoms with Crippen LogP contribution in [0.5, 0.6) is 0 Å². The number of alkyl halides is 2. The molecule has 1 aliphatic rings. The van der Waals surface area contributed by atoms with Gasteiger partial charge in [-0.2, -0.15) is 0 Å². The first kappa shape index (κ1) is 9.86. The molecular formula is C8H16F2N2. The number of nitrogens with zero attached hydrogens (tertiary/aromatic N) is 1. The lowest BCUT2D eigenvalue weighted by atomic mass is 10.1. The van der Waals surface area contributed by atoms with E-state index in [2.05, 4.69) is 5.32 Å². The van der Waals surface area contributed by atoms with Crippen LogP contribution in [-0.2, 0) is 0 Å². The fourth-order valence-corrected chi connectivity index (χ4v) is 1.77. The normalized spacial score (nSPS) is 31.8. The average Bonchev–Trinajstić information content (AvgIpc) is 2.32. The van der Waals surface area contributed by atoms with Crippen molar-refractivity contribution in [3.8, 4) is 0 Å². The first-order chi connectivity index (χ1) is 5.65. The summed E-state index contributed by atoms with van der Waals surface area (Å²) in [5.74, 6) is -0.491. The van der Waals surface area contributed by atoms with Crippen molar-refractivity contribution in [3.63, 3.8) is 0 Å². The number of nitrogens with one attached hydrogen (secondary N) is 1. The highest BCUT2D eigenvalue weighted by molar-refractivity contribution is 4.88. The quantitative estimate of drug-likeness (QED) is 0.687. The van der Waals surface area contributed by atoms with Crippen molar-refractivity contribution in [2.45, 2.75) is 19.4 Å². The largest absolute Gasteiger partial charge is 0.312 e. The molecule has 0 aromatic rings. The number of hydrogen-bond donors (Lipinski definition) is 1. The first-order valence-corrected chi connectivity index (χ1v) is 4.35. The first-order valence-electron chi connectivity index (χ1n) is 4.35. The van der Waals surface area contributed by atoms with Crippen LogP contribution >= 0.6 is 0 Å². The van der Waals surface area contributed by atoms with E-state index in [1.807, 2.05) is 18.9 Å². The molecule has 0 aromatic heterocycles. The van der Waals surface area contributed by atoms with Gasteiger partial charge in [0.05, 0.1) is 0 Å². The summed E-state index contributed by atoms with van der Waals surface area (Å²) in [7, 11) is 1.88. The Kier molecular flexibility index (Phi) is 3.40. The maximum absolute atomic E-state index is 12.4. The van der Waals surface area contributed by atoms with Gasteiger partial charge in [0.1, 0.15) is 0 Å². The molecule has 0 aromatic carbocycles. The second kappa shape index (κ2) is 4.14. The number of likely N-dealkylation sites (N-methyl/N-ethyl adjacent to an activating group) is 2. The van der Waals surface area contributed by atoms with Crippen LogP contribution < -0.4 is 5.32 Å². The molecule has 2 atom stereocenters. The minimum absolute atomic E-state index is 0.0278. The third kappa shape index (κ3) is 2.14. The van der Waals surface area contributed by atoms with E-state index in [1.165, 1.54) is 0 Å². The van der Waals surface area contributed by atoms with Crippen LogP contribution in [0.15, 0.2) is 0 Å². The zero-order valence-electron chi connectivity index (χ0n) is 7.56. The third-order valence-electron chi connectivity index (χ3n) is 2.34. The number of rotatable bonds is 3. The van der Waals surface area contributed by atoms with E-state index in [0.29, 0.717) is 6.54 Å². The fraction of sp³-hybridized carbons (Fsp3) is 1.00. The van der Waals surface area contributed by atoms with E-state index < -0.39 is 12.3 Å². The van der Waals surface area contributed by atoms with Crippen molar-refractivity contribution in [2.75, 3.05) is 26.7 Å². The second-order valence-corrected chi connectivity index (χ2v) is 3.38. The summed E-state index contributed by atoms with van der Waals surface area (Å²) < 4.78 is 24.8. The summed E-state index contributed by atoms with van der Waals surface area (Å²) in [6, 6.07) is -0.0278. The Morgan fingerprint density at radius 1 is 1.50 bits per heavy atom. The molecule has 0 saturated carbocycles. The highest BCUT2D eigenvalue weighted by Gasteiger charge is 2.36. The van der Waals surface area contributed by atoms with Crippen LogP contribution in [0.3, 0.4) is 0 Å². The second-order valence-electron chi connectivity index (χ2n) is 3.38. The molecule has 0 aliphatic carbocycles. The van der Waals surface area contributed by atoms with Crippen molar-refractivity contribution < 1.29 is 8.78 Å². The van der Waals surface area contributed by atoms with Crippen molar-refractivity contribution in [3.05, 3.63) is 0 Å². The highest BCUT2D eigenvalue weighted by Crippen LogP contribution is 2.21. The van der Waals surface area contributed by atoms with E-state index in [9.17, 15) is 8.78 Å². The minimum Gasteiger partial charge on any atom is -0.312 e. The van der Waals surface area contributed by atoms with Crippen LogP contribution in [0.4, 0.5) is 8.78 Å². The number of halogens is 2. The van der Waals surface area contributed by atoms with E-state index in [-0.39, 0.29) is 6.04 Å². The van der Waals surface area contributed by atoms with E-state index in [1.54, 1.807) is 0 Å². The zero-order chi connectivity index (χ0) is 9.14. The average molecular weight is 178 g/mol. The predicted molar refractivity (Wildman–Crippen MR) is 44.5 cm³/mol. The SMILES string of the molecule is CCNC1CN(C)CC1C(F)F. The van der Waals surface area contributed by atoms with Gasteiger partial charge in [0.15, 0.2) is 0 Å². The lowest BCUT2D eigenvalue weighted by molar-refractivity contribution is 0.0705. The van der Waals surface area contributed by atoms with Crippen LogP contribution in [0, 0.1) is 5.92 Å². The summed E-state index contributed by atoms with van der Waals surface area (Å²) in [6.45, 7) is 3.96. The van der Waals surface area contributed by atoms with Crippen LogP contribution in [0.2, 0.25) is 0 Å². The third-order valence-corrected chi connectivity index (χ3v) is 2.34. The van der Waals surface area contributed by atoms with E-state index in [0.717, 1.165) is 13.1 Å². The smallest absolute Gasteiger partial charge is 0.244 e. The lowest BCUT2D eigenvalue weighted by Gasteiger charge is -2.17. The van der Waals surface area contributed by atoms with Gasteiger partial charge in [0, 0.05) is 25.0 Å². The fourth-order valence-electron chi connectivity index (χ4n) is 1.77. The zero-order valence-corrected chi connectivity index (χ0v) is 7.56. The standard InChI is InChI=1S/C8H16F2N2/c1-3-11-7-5-12(2)4-6(7)8(9)10/h6-8,11H,3-5H2,1-2H3. The maximum Gasteiger partial charge on any atom is 0.244 e. The molecule has 2 nitrogen and oxygen atoms in total. The van der Waals surface area contributed by atoms with Gasteiger partial charge in [-0.15, -0.1) is 0 Å². The van der Waals surface area contributed by atoms with Crippen molar-refractivity contribution in [2.24, 2.45) is 5.92 Å². The van der Waals surface area contributed by atoms with Gasteiger partial charge in [0.2, 0.25) is 6.43 Å². The van der Waals surface area contributed by atoms with Crippen molar-refractivity contribution in [1.82, 2.24) is 10.2 Å². The van der Waals surface area contributed by atoms with Crippen molar-refractivity contribution >= 4 is 0 Å². The molecule has 2 unspecified atom stereocenters. The molecule has 1 aliphatic heterocycles. The van der Waals surface area contributed by atoms with Gasteiger partial charge in [-0.25, -0.2) is 8.78 Å². The summed E-state index contributed by atoms with van der Waals surface area (Å²) >= 11 is 0. The number of hydrogen-bond acceptors (Lipinski definition) is 2. The molecule has 0 amide bonds. The van der Waals surface area contributed by atoms with Crippen molar-refractivity contribution in [1.29, 1.82) is 0 Å². The molecule has 4 heteroatoms. The van der Waals surface area contributed by atoms with E-state index >= 15 is 0 Å². The van der Waals surface area contributed by atoms with Gasteiger partial charge in [0.25, 0.3) is 0 Å². The van der Waals surface area contributed by atoms with Gasteiger partial charge in [-0.05, 0) is 13.6 Å². The Balaban J connectivity index is 2.47. The summed E-state index contributed by atoms with van der Waals surface area (Å²) in [5.41, 5.74) is 0. The summed E-state index contributed by atoms with van der Waals surface area (Å²) in [4.78, 5) is 1.95. The highest BCUT2D eigenvalue weighted by atomic mass is 19.3. The van der Waals surface area contributed by atoms with Gasteiger partial charge in [-0.1, -0.05) is 6.92 Å². The molecule has 1 rings (SSSR count). The molecule has 1 N–H and O–H groups in total. The Hall–Kier alpha value is -0.220. The molecule has 1 heterocycles. The summed E-state index contributed by atoms with van der Waals surface area (Å²) in [6.07, 6.45) is -2.20. The minimum atomic E-state index is -2.20. The molecular weight excluding hydrogens is 162 g/mol. The van der Waals surface area contributed by atoms with E-state index in [4.69, 9.17) is 0 Å². The van der Waals surface area contributed by atoms with Gasteiger partial charge in [-0.3, -0.25) is 0 Å². The predicted octanol–water partition coefficient (Wildman–Crippen LogP) is 0.791. The Labute approximate surface area is 71.9 Å². The molecule has 1 fully saturated rings. The monoisotopic (exact) mass is 178 g/mol. The van der Waals surface area contributed by atoms with Crippen LogP contribution in [0.1, 0.15) is 6.92 Å². The van der Waals surface area contributed by atoms with Crippen LogP contribution in [0.25, 0.3) is 0 Å². The molecule has 1 saturated heterocycles. The molecule has 72 valence electrons.